The summed E-state index contributed by atoms with van der Waals surface area (Å²) in [5.41, 5.74) is 1.30. The van der Waals surface area contributed by atoms with Crippen LogP contribution in [0.4, 0.5) is 5.82 Å². The Morgan fingerprint density at radius 1 is 1.16 bits per heavy atom. The van der Waals surface area contributed by atoms with Gasteiger partial charge in [0.25, 0.3) is 0 Å². The van der Waals surface area contributed by atoms with Gasteiger partial charge in [0.1, 0.15) is 5.82 Å². The lowest BCUT2D eigenvalue weighted by Crippen LogP contribution is -2.39. The normalized spacial score (nSPS) is 15.1. The van der Waals surface area contributed by atoms with Crippen LogP contribution < -0.4 is 10.2 Å². The number of anilines is 1. The Morgan fingerprint density at radius 3 is 2.68 bits per heavy atom. The number of carbonyl (C=O) groups excluding carboxylic acids is 1. The molecule has 0 saturated carbocycles. The van der Waals surface area contributed by atoms with Gasteiger partial charge in [0.05, 0.1) is 6.20 Å². The van der Waals surface area contributed by atoms with E-state index in [1.807, 2.05) is 24.4 Å². The third-order valence-electron chi connectivity index (χ3n) is 4.79. The second-order valence-corrected chi connectivity index (χ2v) is 6.64. The van der Waals surface area contributed by atoms with E-state index in [-0.39, 0.29) is 5.91 Å². The number of hydrogen-bond donors (Lipinski definition) is 1. The maximum Gasteiger partial charge on any atom is 0.220 e. The summed E-state index contributed by atoms with van der Waals surface area (Å²) in [5, 5.41) is 3.11. The highest BCUT2D eigenvalue weighted by Crippen LogP contribution is 2.20. The molecule has 1 aromatic heterocycles. The van der Waals surface area contributed by atoms with Crippen LogP contribution >= 0.6 is 0 Å². The Kier molecular flexibility index (Phi) is 6.37. The molecule has 1 amide bonds. The van der Waals surface area contributed by atoms with Gasteiger partial charge >= 0.3 is 0 Å². The molecule has 3 rings (SSSR count). The Balaban J connectivity index is 1.31. The van der Waals surface area contributed by atoms with E-state index in [0.717, 1.165) is 51.1 Å². The summed E-state index contributed by atoms with van der Waals surface area (Å²) in [6, 6.07) is 10.3. The molecule has 132 valence electrons. The average Bonchev–Trinajstić information content (AvgIpc) is 2.68. The van der Waals surface area contributed by atoms with Gasteiger partial charge in [-0.05, 0) is 37.2 Å². The predicted molar refractivity (Wildman–Crippen MR) is 99.4 cm³/mol. The van der Waals surface area contributed by atoms with Gasteiger partial charge in [-0.15, -0.1) is 0 Å². The van der Waals surface area contributed by atoms with E-state index in [4.69, 9.17) is 0 Å². The zero-order valence-electron chi connectivity index (χ0n) is 14.6. The van der Waals surface area contributed by atoms with Gasteiger partial charge in [0.15, 0.2) is 0 Å². The fourth-order valence-electron chi connectivity index (χ4n) is 3.27. The number of hydrogen-bond acceptors (Lipinski definition) is 4. The fourth-order valence-corrected chi connectivity index (χ4v) is 3.27. The van der Waals surface area contributed by atoms with Crippen LogP contribution in [0.2, 0.25) is 0 Å². The molecule has 1 aliphatic heterocycles. The number of nitrogens with zero attached hydrogens (tertiary/aromatic N) is 3. The number of carbonyl (C=O) groups is 1. The third kappa shape index (κ3) is 5.55. The molecule has 0 unspecified atom stereocenters. The van der Waals surface area contributed by atoms with Crippen LogP contribution in [0, 0.1) is 5.92 Å². The van der Waals surface area contributed by atoms with Crippen LogP contribution in [0.5, 0.6) is 0 Å². The van der Waals surface area contributed by atoms with Crippen molar-refractivity contribution < 1.29 is 4.79 Å². The van der Waals surface area contributed by atoms with Crippen LogP contribution in [0.3, 0.4) is 0 Å². The van der Waals surface area contributed by atoms with Crippen molar-refractivity contribution >= 4 is 11.7 Å². The highest BCUT2D eigenvalue weighted by atomic mass is 16.1. The lowest BCUT2D eigenvalue weighted by atomic mass is 9.96. The van der Waals surface area contributed by atoms with Gasteiger partial charge in [-0.2, -0.15) is 0 Å². The summed E-state index contributed by atoms with van der Waals surface area (Å²) in [6.07, 6.45) is 9.89. The monoisotopic (exact) mass is 338 g/mol. The molecule has 25 heavy (non-hydrogen) atoms. The van der Waals surface area contributed by atoms with E-state index in [1.54, 1.807) is 12.4 Å². The van der Waals surface area contributed by atoms with Gasteiger partial charge in [-0.3, -0.25) is 9.78 Å². The van der Waals surface area contributed by atoms with Crippen LogP contribution in [-0.4, -0.2) is 35.5 Å². The van der Waals surface area contributed by atoms with Crippen LogP contribution in [0.1, 0.15) is 31.2 Å². The number of benzene rings is 1. The third-order valence-corrected chi connectivity index (χ3v) is 4.79. The van der Waals surface area contributed by atoms with Crippen LogP contribution in [0.25, 0.3) is 0 Å². The number of piperidine rings is 1. The van der Waals surface area contributed by atoms with Gasteiger partial charge in [-0.25, -0.2) is 4.98 Å². The fraction of sp³-hybridized carbons (Fsp3) is 0.450. The molecule has 0 aliphatic carbocycles. The Hall–Kier alpha value is -2.43. The molecule has 5 nitrogen and oxygen atoms in total. The van der Waals surface area contributed by atoms with Crippen molar-refractivity contribution in [1.29, 1.82) is 0 Å². The van der Waals surface area contributed by atoms with Gasteiger partial charge < -0.3 is 10.2 Å². The van der Waals surface area contributed by atoms with Gasteiger partial charge in [0, 0.05) is 38.4 Å². The summed E-state index contributed by atoms with van der Waals surface area (Å²) < 4.78 is 0. The Labute approximate surface area is 149 Å². The van der Waals surface area contributed by atoms with Crippen molar-refractivity contribution in [2.45, 2.75) is 32.1 Å². The highest BCUT2D eigenvalue weighted by molar-refractivity contribution is 5.75. The number of aryl methyl sites for hydroxylation is 1. The van der Waals surface area contributed by atoms with Crippen molar-refractivity contribution in [1.82, 2.24) is 15.3 Å². The van der Waals surface area contributed by atoms with Crippen molar-refractivity contribution in [2.24, 2.45) is 5.92 Å². The van der Waals surface area contributed by atoms with E-state index in [1.165, 1.54) is 5.56 Å². The van der Waals surface area contributed by atoms with E-state index >= 15 is 0 Å². The first kappa shape index (κ1) is 17.4. The van der Waals surface area contributed by atoms with Gasteiger partial charge in [-0.1, -0.05) is 30.3 Å². The summed E-state index contributed by atoms with van der Waals surface area (Å²) in [6.45, 7) is 2.75. The first-order chi connectivity index (χ1) is 12.3. The second-order valence-electron chi connectivity index (χ2n) is 6.64. The molecule has 1 N–H and O–H groups in total. The SMILES string of the molecule is O=C(CCCc1ccccc1)NCC1CCN(c2cnccn2)CC1. The van der Waals surface area contributed by atoms with Crippen molar-refractivity contribution in [2.75, 3.05) is 24.5 Å². The maximum absolute atomic E-state index is 12.0. The minimum Gasteiger partial charge on any atom is -0.356 e. The summed E-state index contributed by atoms with van der Waals surface area (Å²) in [7, 11) is 0. The summed E-state index contributed by atoms with van der Waals surface area (Å²) >= 11 is 0. The lowest BCUT2D eigenvalue weighted by molar-refractivity contribution is -0.121. The quantitative estimate of drug-likeness (QED) is 0.843. The molecule has 2 heterocycles. The maximum atomic E-state index is 12.0. The lowest BCUT2D eigenvalue weighted by Gasteiger charge is -2.32. The summed E-state index contributed by atoms with van der Waals surface area (Å²) in [4.78, 5) is 22.8. The summed E-state index contributed by atoms with van der Waals surface area (Å²) in [5.74, 6) is 1.68. The van der Waals surface area contributed by atoms with Crippen molar-refractivity contribution in [3.05, 3.63) is 54.5 Å². The van der Waals surface area contributed by atoms with Crippen LogP contribution in [0.15, 0.2) is 48.9 Å². The zero-order valence-corrected chi connectivity index (χ0v) is 14.6. The largest absolute Gasteiger partial charge is 0.356 e. The molecule has 0 bridgehead atoms. The number of amides is 1. The predicted octanol–water partition coefficient (Wildman–Crippen LogP) is 2.83. The first-order valence-corrected chi connectivity index (χ1v) is 9.13. The molecular weight excluding hydrogens is 312 g/mol. The standard InChI is InChI=1S/C20H26N4O/c25-20(8-4-7-17-5-2-1-3-6-17)23-15-18-9-13-24(14-10-18)19-16-21-11-12-22-19/h1-3,5-6,11-12,16,18H,4,7-10,13-15H2,(H,23,25). The topological polar surface area (TPSA) is 58.1 Å². The molecule has 0 radical (unpaired) electrons. The second kappa shape index (κ2) is 9.16. The van der Waals surface area contributed by atoms with Crippen LogP contribution in [-0.2, 0) is 11.2 Å². The molecule has 2 aromatic rings. The van der Waals surface area contributed by atoms with Gasteiger partial charge in [0.2, 0.25) is 5.91 Å². The molecule has 0 spiro atoms. The van der Waals surface area contributed by atoms with E-state index in [2.05, 4.69) is 32.3 Å². The molecule has 1 aliphatic rings. The van der Waals surface area contributed by atoms with Crippen molar-refractivity contribution in [3.63, 3.8) is 0 Å². The molecule has 1 aromatic carbocycles. The Morgan fingerprint density at radius 2 is 1.96 bits per heavy atom. The minimum atomic E-state index is 0.173. The molecule has 0 atom stereocenters. The molecule has 1 saturated heterocycles. The zero-order chi connectivity index (χ0) is 17.3. The van der Waals surface area contributed by atoms with E-state index < -0.39 is 0 Å². The highest BCUT2D eigenvalue weighted by Gasteiger charge is 2.20. The van der Waals surface area contributed by atoms with E-state index in [0.29, 0.717) is 12.3 Å². The number of aromatic nitrogens is 2. The smallest absolute Gasteiger partial charge is 0.220 e. The average molecular weight is 338 g/mol. The number of rotatable bonds is 7. The first-order valence-electron chi connectivity index (χ1n) is 9.13. The van der Waals surface area contributed by atoms with Crippen molar-refractivity contribution in [3.8, 4) is 0 Å². The molecule has 5 heteroatoms. The van der Waals surface area contributed by atoms with E-state index in [9.17, 15) is 4.79 Å². The Bertz CT molecular complexity index is 639. The number of nitrogens with one attached hydrogen (secondary N) is 1. The molecule has 1 fully saturated rings. The minimum absolute atomic E-state index is 0.173. The molecular formula is C20H26N4O.